The number of hydrogen-bond acceptors (Lipinski definition) is 3. The molecule has 1 aliphatic carbocycles. The average molecular weight is 435 g/mol. The molecule has 0 aliphatic heterocycles. The third kappa shape index (κ3) is 3.72. The molecule has 0 fully saturated rings. The van der Waals surface area contributed by atoms with Crippen LogP contribution in [-0.4, -0.2) is 19.4 Å². The van der Waals surface area contributed by atoms with E-state index in [9.17, 15) is 12.8 Å². The highest BCUT2D eigenvalue weighted by atomic mass is 35.5. The lowest BCUT2D eigenvalue weighted by Gasteiger charge is -2.21. The minimum atomic E-state index is -3.91. The summed E-state index contributed by atoms with van der Waals surface area (Å²) >= 11 is 0. The summed E-state index contributed by atoms with van der Waals surface area (Å²) in [5.74, 6) is -0.564. The number of halogens is 2. The summed E-state index contributed by atoms with van der Waals surface area (Å²) in [5.41, 5.74) is 6.06. The molecule has 2 aromatic carbocycles. The monoisotopic (exact) mass is 434 g/mol. The third-order valence-corrected chi connectivity index (χ3v) is 7.02. The largest absolute Gasteiger partial charge is 0.316 e. The van der Waals surface area contributed by atoms with Gasteiger partial charge in [-0.2, -0.15) is 0 Å². The van der Waals surface area contributed by atoms with E-state index >= 15 is 0 Å². The summed E-state index contributed by atoms with van der Waals surface area (Å²) in [6, 6.07) is 11.4. The third-order valence-electron chi connectivity index (χ3n) is 5.36. The smallest absolute Gasteiger partial charge is 0.268 e. The lowest BCUT2D eigenvalue weighted by molar-refractivity contribution is 0.583. The molecule has 4 nitrogen and oxygen atoms in total. The Labute approximate surface area is 177 Å². The minimum Gasteiger partial charge on any atom is -0.316 e. The van der Waals surface area contributed by atoms with Crippen LogP contribution in [0.3, 0.4) is 0 Å². The molecule has 0 spiro atoms. The molecule has 1 heterocycles. The van der Waals surface area contributed by atoms with Gasteiger partial charge in [0.25, 0.3) is 10.0 Å². The summed E-state index contributed by atoms with van der Waals surface area (Å²) in [6.07, 6.45) is 4.30. The van der Waals surface area contributed by atoms with Crippen LogP contribution in [0.1, 0.15) is 29.2 Å². The second-order valence-corrected chi connectivity index (χ2v) is 8.93. The summed E-state index contributed by atoms with van der Waals surface area (Å²) in [6.45, 7) is 2.69. The van der Waals surface area contributed by atoms with Gasteiger partial charge in [0.15, 0.2) is 0 Å². The predicted octanol–water partition coefficient (Wildman–Crippen LogP) is 4.33. The Morgan fingerprint density at radius 1 is 1.14 bits per heavy atom. The van der Waals surface area contributed by atoms with E-state index < -0.39 is 15.8 Å². The van der Waals surface area contributed by atoms with Gasteiger partial charge < -0.3 is 5.32 Å². The number of fused-ring (bicyclic) bond motifs is 3. The van der Waals surface area contributed by atoms with E-state index in [1.165, 1.54) is 27.7 Å². The summed E-state index contributed by atoms with van der Waals surface area (Å²) < 4.78 is 41.8. The van der Waals surface area contributed by atoms with Crippen LogP contribution in [0.4, 0.5) is 4.39 Å². The number of nitrogens with one attached hydrogen (secondary N) is 1. The molecule has 7 heteroatoms. The van der Waals surface area contributed by atoms with Crippen LogP contribution in [0.25, 0.3) is 11.3 Å². The van der Waals surface area contributed by atoms with Gasteiger partial charge in [-0.1, -0.05) is 31.2 Å². The van der Waals surface area contributed by atoms with Crippen LogP contribution in [0.2, 0.25) is 0 Å². The zero-order valence-electron chi connectivity index (χ0n) is 16.4. The van der Waals surface area contributed by atoms with Crippen molar-refractivity contribution in [1.29, 1.82) is 0 Å². The van der Waals surface area contributed by atoms with Crippen molar-refractivity contribution in [3.05, 3.63) is 76.7 Å². The number of nitrogens with zero attached hydrogens (tertiary/aromatic N) is 1. The fourth-order valence-corrected chi connectivity index (χ4v) is 5.42. The quantitative estimate of drug-likeness (QED) is 0.650. The Bertz CT molecular complexity index is 1160. The highest BCUT2D eigenvalue weighted by Gasteiger charge is 2.29. The van der Waals surface area contributed by atoms with E-state index in [0.717, 1.165) is 47.6 Å². The van der Waals surface area contributed by atoms with Gasteiger partial charge in [0.2, 0.25) is 0 Å². The maximum atomic E-state index is 13.7. The van der Waals surface area contributed by atoms with Crippen molar-refractivity contribution >= 4 is 22.4 Å². The normalized spacial score (nSPS) is 12.8. The molecule has 0 saturated carbocycles. The molecule has 1 aliphatic rings. The number of aryl methyl sites for hydroxylation is 2. The molecule has 0 amide bonds. The van der Waals surface area contributed by atoms with Crippen molar-refractivity contribution in [2.75, 3.05) is 7.05 Å². The molecule has 154 valence electrons. The molecule has 29 heavy (non-hydrogen) atoms. The number of rotatable bonds is 5. The van der Waals surface area contributed by atoms with Gasteiger partial charge in [0.05, 0.1) is 10.6 Å². The second kappa shape index (κ2) is 8.30. The lowest BCUT2D eigenvalue weighted by atomic mass is 9.87. The second-order valence-electron chi connectivity index (χ2n) is 7.12. The molecule has 0 radical (unpaired) electrons. The molecule has 0 unspecified atom stereocenters. The molecule has 0 atom stereocenters. The predicted molar refractivity (Wildman–Crippen MR) is 116 cm³/mol. The van der Waals surface area contributed by atoms with E-state index in [-0.39, 0.29) is 17.3 Å². The van der Waals surface area contributed by atoms with Gasteiger partial charge in [0.1, 0.15) is 5.82 Å². The van der Waals surface area contributed by atoms with Gasteiger partial charge in [-0.3, -0.25) is 0 Å². The van der Waals surface area contributed by atoms with Crippen molar-refractivity contribution < 1.29 is 12.8 Å². The van der Waals surface area contributed by atoms with Gasteiger partial charge in [-0.15, -0.1) is 12.4 Å². The molecule has 1 N–H and O–H groups in total. The minimum absolute atomic E-state index is 0. The topological polar surface area (TPSA) is 51.1 Å². The van der Waals surface area contributed by atoms with Crippen LogP contribution >= 0.6 is 12.4 Å². The molecular formula is C22H24ClFN2O2S. The van der Waals surface area contributed by atoms with Gasteiger partial charge in [0, 0.05) is 18.3 Å². The van der Waals surface area contributed by atoms with Crippen molar-refractivity contribution in [2.24, 2.45) is 0 Å². The lowest BCUT2D eigenvalue weighted by Crippen LogP contribution is -2.16. The van der Waals surface area contributed by atoms with Crippen molar-refractivity contribution in [3.63, 3.8) is 0 Å². The van der Waals surface area contributed by atoms with E-state index in [0.29, 0.717) is 12.2 Å². The molecule has 1 aromatic heterocycles. The highest BCUT2D eigenvalue weighted by Crippen LogP contribution is 2.39. The maximum absolute atomic E-state index is 13.7. The molecule has 0 saturated heterocycles. The summed E-state index contributed by atoms with van der Waals surface area (Å²) in [5, 5.41) is 3.12. The number of benzene rings is 2. The van der Waals surface area contributed by atoms with Crippen LogP contribution in [0.5, 0.6) is 0 Å². The van der Waals surface area contributed by atoms with Crippen LogP contribution in [-0.2, 0) is 35.8 Å². The molecular weight excluding hydrogens is 411 g/mol. The zero-order chi connectivity index (χ0) is 19.9. The van der Waals surface area contributed by atoms with Gasteiger partial charge >= 0.3 is 0 Å². The summed E-state index contributed by atoms with van der Waals surface area (Å²) in [7, 11) is -2.07. The number of aromatic nitrogens is 1. The SMILES string of the molecule is CCc1ccc2c(c1)CCc1c(CNC)cn(S(=O)(=O)c3cccc(F)c3)c1-2.Cl. The van der Waals surface area contributed by atoms with E-state index in [1.54, 1.807) is 6.20 Å². The first-order valence-electron chi connectivity index (χ1n) is 9.46. The van der Waals surface area contributed by atoms with Crippen LogP contribution in [0, 0.1) is 5.82 Å². The Kier molecular flexibility index (Phi) is 6.17. The van der Waals surface area contributed by atoms with Crippen molar-refractivity contribution in [1.82, 2.24) is 9.29 Å². The zero-order valence-corrected chi connectivity index (χ0v) is 18.0. The highest BCUT2D eigenvalue weighted by molar-refractivity contribution is 7.90. The van der Waals surface area contributed by atoms with E-state index in [4.69, 9.17) is 0 Å². The Morgan fingerprint density at radius 2 is 1.93 bits per heavy atom. The van der Waals surface area contributed by atoms with E-state index in [1.807, 2.05) is 13.1 Å². The van der Waals surface area contributed by atoms with Gasteiger partial charge in [-0.25, -0.2) is 16.8 Å². The van der Waals surface area contributed by atoms with Crippen molar-refractivity contribution in [2.45, 2.75) is 37.6 Å². The van der Waals surface area contributed by atoms with Crippen LogP contribution in [0.15, 0.2) is 53.6 Å². The maximum Gasteiger partial charge on any atom is 0.268 e. The van der Waals surface area contributed by atoms with Crippen molar-refractivity contribution in [3.8, 4) is 11.3 Å². The molecule has 4 rings (SSSR count). The standard InChI is InChI=1S/C22H23FN2O2S.ClH/c1-3-15-7-9-20-16(11-15)8-10-21-17(13-24-2)14-25(22(20)21)28(26,27)19-6-4-5-18(23)12-19;/h4-7,9,11-12,14,24H,3,8,10,13H2,1-2H3;1H. The average Bonchev–Trinajstić information content (AvgIpc) is 3.07. The first kappa shape index (κ1) is 21.6. The fourth-order valence-electron chi connectivity index (χ4n) is 3.97. The van der Waals surface area contributed by atoms with Gasteiger partial charge in [-0.05, 0) is 66.8 Å². The number of hydrogen-bond donors (Lipinski definition) is 1. The summed E-state index contributed by atoms with van der Waals surface area (Å²) in [4.78, 5) is -0.0430. The Hall–Kier alpha value is -2.15. The fraction of sp³-hybridized carbons (Fsp3) is 0.273. The first-order chi connectivity index (χ1) is 13.5. The molecule has 3 aromatic rings. The van der Waals surface area contributed by atoms with E-state index in [2.05, 4.69) is 24.4 Å². The first-order valence-corrected chi connectivity index (χ1v) is 10.9. The Morgan fingerprint density at radius 3 is 2.62 bits per heavy atom. The Balaban J connectivity index is 0.00000240. The molecule has 0 bridgehead atoms. The van der Waals surface area contributed by atoms with Crippen LogP contribution < -0.4 is 5.32 Å².